The molecular weight excluding hydrogens is 346 g/mol. The zero-order chi connectivity index (χ0) is 18.8. The number of nitro groups is 1. The standard InChI is InChI=1S/C21H13NO5/c23-21-16(13-20(27-21)14-4-2-1-3-5-14)12-18-10-11-19(26-18)15-6-8-17(9-7-15)22(24)25/h1-13H/b16-12-. The van der Waals surface area contributed by atoms with E-state index in [2.05, 4.69) is 0 Å². The average molecular weight is 359 g/mol. The molecule has 0 N–H and O–H groups in total. The summed E-state index contributed by atoms with van der Waals surface area (Å²) in [5.74, 6) is 1.09. The van der Waals surface area contributed by atoms with Crippen LogP contribution in [0.1, 0.15) is 11.3 Å². The predicted molar refractivity (Wildman–Crippen MR) is 99.3 cm³/mol. The molecule has 2 heterocycles. The monoisotopic (exact) mass is 359 g/mol. The Kier molecular flexibility index (Phi) is 4.14. The van der Waals surface area contributed by atoms with Crippen LogP contribution >= 0.6 is 0 Å². The van der Waals surface area contributed by atoms with Crippen LogP contribution in [0.4, 0.5) is 5.69 Å². The zero-order valence-corrected chi connectivity index (χ0v) is 14.0. The summed E-state index contributed by atoms with van der Waals surface area (Å²) in [7, 11) is 0. The fourth-order valence-corrected chi connectivity index (χ4v) is 2.72. The number of nitrogens with zero attached hydrogens (tertiary/aromatic N) is 1. The van der Waals surface area contributed by atoms with E-state index in [1.54, 1.807) is 36.4 Å². The number of ether oxygens (including phenoxy) is 1. The molecular formula is C21H13NO5. The van der Waals surface area contributed by atoms with Crippen molar-refractivity contribution in [1.29, 1.82) is 0 Å². The number of rotatable bonds is 4. The van der Waals surface area contributed by atoms with Gasteiger partial charge in [-0.3, -0.25) is 10.1 Å². The summed E-state index contributed by atoms with van der Waals surface area (Å²) in [6.45, 7) is 0. The lowest BCUT2D eigenvalue weighted by Crippen LogP contribution is -1.96. The molecule has 0 atom stereocenters. The molecule has 4 rings (SSSR count). The second kappa shape index (κ2) is 6.76. The molecule has 2 aromatic carbocycles. The normalized spacial score (nSPS) is 14.9. The van der Waals surface area contributed by atoms with E-state index in [-0.39, 0.29) is 5.69 Å². The Bertz CT molecular complexity index is 1080. The quantitative estimate of drug-likeness (QED) is 0.288. The summed E-state index contributed by atoms with van der Waals surface area (Å²) in [5.41, 5.74) is 1.93. The minimum atomic E-state index is -0.454. The second-order valence-electron chi connectivity index (χ2n) is 5.87. The van der Waals surface area contributed by atoms with Crippen LogP contribution in [-0.2, 0) is 9.53 Å². The van der Waals surface area contributed by atoms with E-state index in [1.807, 2.05) is 30.3 Å². The Morgan fingerprint density at radius 3 is 2.33 bits per heavy atom. The molecule has 3 aromatic rings. The van der Waals surface area contributed by atoms with Crippen molar-refractivity contribution in [3.8, 4) is 11.3 Å². The van der Waals surface area contributed by atoms with Gasteiger partial charge in [-0.05, 0) is 36.4 Å². The van der Waals surface area contributed by atoms with Gasteiger partial charge < -0.3 is 9.15 Å². The first-order valence-electron chi connectivity index (χ1n) is 8.16. The van der Waals surface area contributed by atoms with Crippen LogP contribution in [0.3, 0.4) is 0 Å². The molecule has 6 heteroatoms. The predicted octanol–water partition coefficient (Wildman–Crippen LogP) is 4.84. The summed E-state index contributed by atoms with van der Waals surface area (Å²) in [5, 5.41) is 10.7. The molecule has 0 saturated carbocycles. The van der Waals surface area contributed by atoms with Gasteiger partial charge in [0.15, 0.2) is 0 Å². The zero-order valence-electron chi connectivity index (χ0n) is 14.0. The van der Waals surface area contributed by atoms with Crippen LogP contribution in [0.2, 0.25) is 0 Å². The van der Waals surface area contributed by atoms with Gasteiger partial charge in [-0.25, -0.2) is 4.79 Å². The van der Waals surface area contributed by atoms with E-state index in [1.165, 1.54) is 12.1 Å². The Labute approximate surface area is 154 Å². The van der Waals surface area contributed by atoms with E-state index >= 15 is 0 Å². The number of nitro benzene ring substituents is 1. The van der Waals surface area contributed by atoms with Crippen molar-refractivity contribution in [3.05, 3.63) is 99.8 Å². The molecule has 0 bridgehead atoms. The molecule has 6 nitrogen and oxygen atoms in total. The van der Waals surface area contributed by atoms with E-state index in [9.17, 15) is 14.9 Å². The molecule has 0 radical (unpaired) electrons. The third-order valence-corrected chi connectivity index (χ3v) is 4.07. The number of non-ortho nitro benzene ring substituents is 1. The summed E-state index contributed by atoms with van der Waals surface area (Å²) in [6.07, 6.45) is 3.28. The number of benzene rings is 2. The Hall–Kier alpha value is -3.93. The number of carbonyl (C=O) groups is 1. The Morgan fingerprint density at radius 2 is 1.63 bits per heavy atom. The fraction of sp³-hybridized carbons (Fsp3) is 0. The number of carbonyl (C=O) groups excluding carboxylic acids is 1. The first-order valence-corrected chi connectivity index (χ1v) is 8.16. The lowest BCUT2D eigenvalue weighted by atomic mass is 10.1. The average Bonchev–Trinajstić information content (AvgIpc) is 3.30. The SMILES string of the molecule is O=C1OC(c2ccccc2)=C/C1=C/c1ccc(-c2ccc([N+](=O)[O-])cc2)o1. The largest absolute Gasteiger partial charge is 0.457 e. The first kappa shape index (κ1) is 16.5. The van der Waals surface area contributed by atoms with Gasteiger partial charge in [-0.15, -0.1) is 0 Å². The molecule has 1 aromatic heterocycles. The van der Waals surface area contributed by atoms with E-state index in [4.69, 9.17) is 9.15 Å². The van der Waals surface area contributed by atoms with Crippen LogP contribution < -0.4 is 0 Å². The van der Waals surface area contributed by atoms with Gasteiger partial charge in [-0.1, -0.05) is 30.3 Å². The first-order chi connectivity index (χ1) is 13.1. The molecule has 1 aliphatic rings. The molecule has 1 aliphatic heterocycles. The Balaban J connectivity index is 1.59. The molecule has 0 unspecified atom stereocenters. The molecule has 0 saturated heterocycles. The van der Waals surface area contributed by atoms with E-state index in [0.717, 1.165) is 5.56 Å². The number of hydrogen-bond acceptors (Lipinski definition) is 5. The smallest absolute Gasteiger partial charge is 0.343 e. The van der Waals surface area contributed by atoms with Crippen molar-refractivity contribution >= 4 is 23.5 Å². The maximum atomic E-state index is 12.1. The topological polar surface area (TPSA) is 82.6 Å². The highest BCUT2D eigenvalue weighted by molar-refractivity contribution is 6.04. The third kappa shape index (κ3) is 3.41. The van der Waals surface area contributed by atoms with Crippen LogP contribution in [-0.4, -0.2) is 10.9 Å². The van der Waals surface area contributed by atoms with Gasteiger partial charge in [0, 0.05) is 23.3 Å². The van der Waals surface area contributed by atoms with Gasteiger partial charge >= 0.3 is 5.97 Å². The van der Waals surface area contributed by atoms with Gasteiger partial charge in [0.2, 0.25) is 0 Å². The maximum Gasteiger partial charge on any atom is 0.343 e. The van der Waals surface area contributed by atoms with Crippen LogP contribution in [0, 0.1) is 10.1 Å². The molecule has 0 fully saturated rings. The summed E-state index contributed by atoms with van der Waals surface area (Å²) < 4.78 is 11.0. The fourth-order valence-electron chi connectivity index (χ4n) is 2.72. The minimum absolute atomic E-state index is 0.0138. The van der Waals surface area contributed by atoms with Crippen molar-refractivity contribution in [2.45, 2.75) is 0 Å². The lowest BCUT2D eigenvalue weighted by Gasteiger charge is -1.99. The van der Waals surface area contributed by atoms with E-state index in [0.29, 0.717) is 28.4 Å². The minimum Gasteiger partial charge on any atom is -0.457 e. The maximum absolute atomic E-state index is 12.1. The number of hydrogen-bond donors (Lipinski definition) is 0. The molecule has 0 amide bonds. The summed E-state index contributed by atoms with van der Waals surface area (Å²) in [6, 6.07) is 18.9. The summed E-state index contributed by atoms with van der Waals surface area (Å²) in [4.78, 5) is 22.4. The van der Waals surface area contributed by atoms with Crippen molar-refractivity contribution in [2.75, 3.05) is 0 Å². The second-order valence-corrected chi connectivity index (χ2v) is 5.87. The van der Waals surface area contributed by atoms with Gasteiger partial charge in [0.05, 0.1) is 10.5 Å². The molecule has 132 valence electrons. The number of furan rings is 1. The van der Waals surface area contributed by atoms with Crippen molar-refractivity contribution < 1.29 is 18.9 Å². The third-order valence-electron chi connectivity index (χ3n) is 4.07. The number of cyclic esters (lactones) is 1. The number of esters is 1. The van der Waals surface area contributed by atoms with Crippen molar-refractivity contribution in [2.24, 2.45) is 0 Å². The Morgan fingerprint density at radius 1 is 0.889 bits per heavy atom. The van der Waals surface area contributed by atoms with Crippen molar-refractivity contribution in [1.82, 2.24) is 0 Å². The van der Waals surface area contributed by atoms with Crippen LogP contribution in [0.15, 0.2) is 82.8 Å². The van der Waals surface area contributed by atoms with Gasteiger partial charge in [0.1, 0.15) is 17.3 Å². The van der Waals surface area contributed by atoms with Crippen LogP contribution in [0.5, 0.6) is 0 Å². The lowest BCUT2D eigenvalue weighted by molar-refractivity contribution is -0.384. The highest BCUT2D eigenvalue weighted by atomic mass is 16.6. The molecule has 27 heavy (non-hydrogen) atoms. The molecule has 0 spiro atoms. The molecule has 0 aliphatic carbocycles. The van der Waals surface area contributed by atoms with E-state index < -0.39 is 10.9 Å². The summed E-state index contributed by atoms with van der Waals surface area (Å²) >= 11 is 0. The van der Waals surface area contributed by atoms with Gasteiger partial charge in [-0.2, -0.15) is 0 Å². The van der Waals surface area contributed by atoms with Gasteiger partial charge in [0.25, 0.3) is 5.69 Å². The highest BCUT2D eigenvalue weighted by Gasteiger charge is 2.22. The van der Waals surface area contributed by atoms with Crippen LogP contribution in [0.25, 0.3) is 23.2 Å². The highest BCUT2D eigenvalue weighted by Crippen LogP contribution is 2.29. The van der Waals surface area contributed by atoms with Crippen molar-refractivity contribution in [3.63, 3.8) is 0 Å².